The molecule has 2 saturated carbocycles. The minimum absolute atomic E-state index is 0.123. The highest BCUT2D eigenvalue weighted by Gasteiger charge is 2.31. The Labute approximate surface area is 265 Å². The average molecular weight is 621 g/mol. The van der Waals surface area contributed by atoms with Crippen LogP contribution in [-0.4, -0.2) is 32.1 Å². The van der Waals surface area contributed by atoms with E-state index in [-0.39, 0.29) is 18.1 Å². The number of unbranched alkanes of at least 4 members (excludes halogenated alkanes) is 4. The van der Waals surface area contributed by atoms with E-state index in [0.717, 1.165) is 63.4 Å². The van der Waals surface area contributed by atoms with E-state index in [0.29, 0.717) is 36.9 Å². The summed E-state index contributed by atoms with van der Waals surface area (Å²) in [6.45, 7) is 5.39. The normalized spacial score (nSPS) is 28.7. The second-order valence-corrected chi connectivity index (χ2v) is 14.0. The van der Waals surface area contributed by atoms with Gasteiger partial charge in [-0.15, -0.1) is 0 Å². The van der Waals surface area contributed by atoms with Crippen LogP contribution in [0.1, 0.15) is 129 Å². The molecule has 6 heteroatoms. The number of rotatable bonds is 17. The molecule has 3 atom stereocenters. The lowest BCUT2D eigenvalue weighted by atomic mass is 9.73. The predicted molar refractivity (Wildman–Crippen MR) is 173 cm³/mol. The molecule has 0 N–H and O–H groups in total. The van der Waals surface area contributed by atoms with E-state index in [4.69, 9.17) is 14.2 Å². The Hall–Kier alpha value is -1.69. The van der Waals surface area contributed by atoms with E-state index in [2.05, 4.69) is 26.0 Å². The van der Waals surface area contributed by atoms with Gasteiger partial charge in [0.2, 0.25) is 11.6 Å². The molecule has 1 aromatic rings. The zero-order chi connectivity index (χ0) is 31.1. The lowest BCUT2D eigenvalue weighted by molar-refractivity contribution is -0.0420. The highest BCUT2D eigenvalue weighted by Crippen LogP contribution is 2.40. The largest absolute Gasteiger partial charge is 0.490 e. The van der Waals surface area contributed by atoms with E-state index in [9.17, 15) is 13.2 Å². The van der Waals surface area contributed by atoms with Gasteiger partial charge in [-0.1, -0.05) is 58.1 Å². The van der Waals surface area contributed by atoms with Crippen molar-refractivity contribution in [2.24, 2.45) is 29.6 Å². The Morgan fingerprint density at radius 3 is 1.95 bits per heavy atom. The summed E-state index contributed by atoms with van der Waals surface area (Å²) in [7, 11) is 0. The van der Waals surface area contributed by atoms with Crippen molar-refractivity contribution in [2.75, 3.05) is 19.8 Å². The SMILES string of the molecule is CCCCCOc1ccc(OCC(F)CC2CCC(/C=C/C3CCC(C4CCC(CCCCC)OC4)CC3)CC2)c(F)c1F. The summed E-state index contributed by atoms with van der Waals surface area (Å²) in [5, 5.41) is 0. The minimum Gasteiger partial charge on any atom is -0.490 e. The molecule has 2 aliphatic carbocycles. The molecule has 4 rings (SSSR count). The van der Waals surface area contributed by atoms with E-state index >= 15 is 0 Å². The first kappa shape index (κ1) is 35.2. The van der Waals surface area contributed by atoms with Gasteiger partial charge in [0.05, 0.1) is 19.3 Å². The number of halogens is 3. The zero-order valence-electron chi connectivity index (χ0n) is 27.6. The van der Waals surface area contributed by atoms with Crippen LogP contribution in [0.2, 0.25) is 0 Å². The van der Waals surface area contributed by atoms with Gasteiger partial charge in [0.15, 0.2) is 11.5 Å². The summed E-state index contributed by atoms with van der Waals surface area (Å²) in [4.78, 5) is 0. The summed E-state index contributed by atoms with van der Waals surface area (Å²) >= 11 is 0. The molecular weight excluding hydrogens is 561 g/mol. The van der Waals surface area contributed by atoms with Crippen LogP contribution in [0.5, 0.6) is 11.5 Å². The molecule has 1 heterocycles. The lowest BCUT2D eigenvalue weighted by Crippen LogP contribution is -2.32. The third-order valence-electron chi connectivity index (χ3n) is 10.6. The maximum Gasteiger partial charge on any atom is 0.204 e. The zero-order valence-corrected chi connectivity index (χ0v) is 27.6. The highest BCUT2D eigenvalue weighted by atomic mass is 19.2. The molecule has 0 bridgehead atoms. The molecule has 0 aromatic heterocycles. The van der Waals surface area contributed by atoms with Gasteiger partial charge in [-0.2, -0.15) is 8.78 Å². The number of benzene rings is 1. The van der Waals surface area contributed by atoms with Crippen molar-refractivity contribution < 1.29 is 27.4 Å². The third-order valence-corrected chi connectivity index (χ3v) is 10.6. The molecular formula is C38H59F3O3. The molecule has 3 unspecified atom stereocenters. The van der Waals surface area contributed by atoms with Crippen molar-refractivity contribution in [1.82, 2.24) is 0 Å². The van der Waals surface area contributed by atoms with Crippen molar-refractivity contribution in [2.45, 2.75) is 142 Å². The summed E-state index contributed by atoms with van der Waals surface area (Å²) < 4.78 is 60.5. The second-order valence-electron chi connectivity index (χ2n) is 14.0. The maximum atomic E-state index is 14.8. The number of hydrogen-bond donors (Lipinski definition) is 0. The van der Waals surface area contributed by atoms with E-state index in [1.807, 2.05) is 0 Å². The quantitative estimate of drug-likeness (QED) is 0.128. The molecule has 0 spiro atoms. The lowest BCUT2D eigenvalue weighted by Gasteiger charge is -2.37. The van der Waals surface area contributed by atoms with Gasteiger partial charge in [-0.05, 0) is 125 Å². The predicted octanol–water partition coefficient (Wildman–Crippen LogP) is 11.2. The number of hydrogen-bond acceptors (Lipinski definition) is 3. The first-order valence-corrected chi connectivity index (χ1v) is 18.1. The van der Waals surface area contributed by atoms with Crippen LogP contribution in [-0.2, 0) is 4.74 Å². The van der Waals surface area contributed by atoms with Gasteiger partial charge in [0.25, 0.3) is 0 Å². The molecule has 44 heavy (non-hydrogen) atoms. The van der Waals surface area contributed by atoms with Crippen LogP contribution in [0, 0.1) is 41.2 Å². The molecule has 0 amide bonds. The minimum atomic E-state index is -1.20. The maximum absolute atomic E-state index is 14.8. The van der Waals surface area contributed by atoms with Crippen molar-refractivity contribution in [3.8, 4) is 11.5 Å². The summed E-state index contributed by atoms with van der Waals surface area (Å²) in [6.07, 6.45) is 24.7. The molecule has 1 aromatic carbocycles. The van der Waals surface area contributed by atoms with E-state index in [1.165, 1.54) is 76.3 Å². The fourth-order valence-electron chi connectivity index (χ4n) is 7.67. The molecule has 1 saturated heterocycles. The van der Waals surface area contributed by atoms with Crippen molar-refractivity contribution in [3.05, 3.63) is 35.9 Å². The molecule has 1 aliphatic heterocycles. The summed E-state index contributed by atoms with van der Waals surface area (Å²) in [5.41, 5.74) is 0. The van der Waals surface area contributed by atoms with E-state index < -0.39 is 17.8 Å². The van der Waals surface area contributed by atoms with Crippen molar-refractivity contribution >= 4 is 0 Å². The Morgan fingerprint density at radius 1 is 0.750 bits per heavy atom. The molecule has 3 fully saturated rings. The Kier molecular flexibility index (Phi) is 15.3. The number of ether oxygens (including phenoxy) is 3. The molecule has 3 aliphatic rings. The first-order valence-electron chi connectivity index (χ1n) is 18.1. The van der Waals surface area contributed by atoms with Crippen LogP contribution in [0.15, 0.2) is 24.3 Å². The molecule has 0 radical (unpaired) electrons. The van der Waals surface area contributed by atoms with Gasteiger partial charge in [0.1, 0.15) is 12.8 Å². The average Bonchev–Trinajstić information content (AvgIpc) is 3.05. The highest BCUT2D eigenvalue weighted by molar-refractivity contribution is 5.35. The smallest absolute Gasteiger partial charge is 0.204 e. The fraction of sp³-hybridized carbons (Fsp3) is 0.789. The third kappa shape index (κ3) is 11.3. The second kappa shape index (κ2) is 19.1. The van der Waals surface area contributed by atoms with Gasteiger partial charge in [-0.25, -0.2) is 4.39 Å². The summed E-state index contributed by atoms with van der Waals surface area (Å²) in [5.74, 6) is 0.659. The van der Waals surface area contributed by atoms with Gasteiger partial charge >= 0.3 is 0 Å². The van der Waals surface area contributed by atoms with Crippen molar-refractivity contribution in [1.29, 1.82) is 0 Å². The van der Waals surface area contributed by atoms with Crippen LogP contribution in [0.4, 0.5) is 13.2 Å². The first-order chi connectivity index (χ1) is 21.5. The van der Waals surface area contributed by atoms with Crippen LogP contribution in [0.25, 0.3) is 0 Å². The number of allylic oxidation sites excluding steroid dienone is 2. The number of alkyl halides is 1. The van der Waals surface area contributed by atoms with Crippen LogP contribution >= 0.6 is 0 Å². The van der Waals surface area contributed by atoms with Crippen LogP contribution in [0.3, 0.4) is 0 Å². The van der Waals surface area contributed by atoms with Gasteiger partial charge < -0.3 is 14.2 Å². The van der Waals surface area contributed by atoms with Gasteiger partial charge in [-0.3, -0.25) is 0 Å². The molecule has 250 valence electrons. The topological polar surface area (TPSA) is 27.7 Å². The Bertz CT molecular complexity index is 960. The summed E-state index contributed by atoms with van der Waals surface area (Å²) in [6, 6.07) is 2.70. The fourth-order valence-corrected chi connectivity index (χ4v) is 7.67. The monoisotopic (exact) mass is 620 g/mol. The van der Waals surface area contributed by atoms with Crippen molar-refractivity contribution in [3.63, 3.8) is 0 Å². The Morgan fingerprint density at radius 2 is 1.34 bits per heavy atom. The van der Waals surface area contributed by atoms with E-state index in [1.54, 1.807) is 0 Å². The van der Waals surface area contributed by atoms with Crippen LogP contribution < -0.4 is 9.47 Å². The van der Waals surface area contributed by atoms with Gasteiger partial charge in [0, 0.05) is 0 Å². The molecule has 3 nitrogen and oxygen atoms in total. The standard InChI is InChI=1S/C38H59F3O3/c1-3-5-7-9-34-21-20-32(26-43-34)31-18-16-29(17-19-31)11-10-28-12-14-30(15-13-28)25-33(39)27-44-36-23-22-35(37(40)38(36)41)42-24-8-6-4-2/h10-11,22-23,28-34H,3-9,12-21,24-27H2,1-2H3/b11-10+. The Balaban J connectivity index is 1.08.